The molecule has 3 rings (SSSR count). The molecule has 0 atom stereocenters. The van der Waals surface area contributed by atoms with Crippen LogP contribution < -0.4 is 10.9 Å². The van der Waals surface area contributed by atoms with Crippen molar-refractivity contribution in [1.29, 1.82) is 0 Å². The lowest BCUT2D eigenvalue weighted by Crippen LogP contribution is -2.39. The maximum absolute atomic E-state index is 11.9. The van der Waals surface area contributed by atoms with Crippen molar-refractivity contribution in [3.63, 3.8) is 0 Å². The van der Waals surface area contributed by atoms with Crippen molar-refractivity contribution < 1.29 is 4.79 Å². The molecular formula is C17H19N3OS. The van der Waals surface area contributed by atoms with Crippen LogP contribution in [0.25, 0.3) is 0 Å². The second-order valence-corrected chi connectivity index (χ2v) is 6.20. The fourth-order valence-corrected chi connectivity index (χ4v) is 3.04. The lowest BCUT2D eigenvalue weighted by molar-refractivity contribution is 0.0941. The van der Waals surface area contributed by atoms with E-state index in [9.17, 15) is 4.79 Å². The summed E-state index contributed by atoms with van der Waals surface area (Å²) >= 11 is 1.44. The van der Waals surface area contributed by atoms with E-state index in [4.69, 9.17) is 0 Å². The van der Waals surface area contributed by atoms with Crippen LogP contribution in [-0.4, -0.2) is 23.9 Å². The molecule has 22 heavy (non-hydrogen) atoms. The van der Waals surface area contributed by atoms with Crippen LogP contribution in [0.15, 0.2) is 59.6 Å². The second-order valence-electron chi connectivity index (χ2n) is 5.26. The smallest absolute Gasteiger partial charge is 0.279 e. The molecule has 4 nitrogen and oxygen atoms in total. The average molecular weight is 313 g/mol. The highest BCUT2D eigenvalue weighted by atomic mass is 32.1. The third-order valence-corrected chi connectivity index (χ3v) is 4.49. The van der Waals surface area contributed by atoms with Crippen LogP contribution in [-0.2, 0) is 6.54 Å². The molecule has 1 aromatic carbocycles. The van der Waals surface area contributed by atoms with Gasteiger partial charge >= 0.3 is 0 Å². The molecule has 0 unspecified atom stereocenters. The fourth-order valence-electron chi connectivity index (χ4n) is 2.42. The van der Waals surface area contributed by atoms with Gasteiger partial charge in [-0.2, -0.15) is 0 Å². The van der Waals surface area contributed by atoms with E-state index in [-0.39, 0.29) is 5.91 Å². The minimum absolute atomic E-state index is 0.0809. The highest BCUT2D eigenvalue weighted by molar-refractivity contribution is 7.12. The SMILES string of the molecule is O=C(NNC1=CCN(Cc2ccccc2)CC1)c1cccs1. The molecule has 0 fully saturated rings. The monoisotopic (exact) mass is 313 g/mol. The van der Waals surface area contributed by atoms with Gasteiger partial charge in [-0.25, -0.2) is 0 Å². The highest BCUT2D eigenvalue weighted by Crippen LogP contribution is 2.12. The molecule has 1 aliphatic heterocycles. The van der Waals surface area contributed by atoms with Gasteiger partial charge in [-0.3, -0.25) is 15.1 Å². The summed E-state index contributed by atoms with van der Waals surface area (Å²) in [5.41, 5.74) is 8.20. The zero-order valence-corrected chi connectivity index (χ0v) is 13.1. The molecule has 1 aromatic heterocycles. The number of amides is 1. The normalized spacial score (nSPS) is 15.2. The van der Waals surface area contributed by atoms with E-state index >= 15 is 0 Å². The minimum atomic E-state index is -0.0809. The van der Waals surface area contributed by atoms with Crippen LogP contribution in [0.5, 0.6) is 0 Å². The Morgan fingerprint density at radius 3 is 2.73 bits per heavy atom. The number of rotatable bonds is 5. The predicted molar refractivity (Wildman–Crippen MR) is 89.3 cm³/mol. The Hall–Kier alpha value is -2.11. The Kier molecular flexibility index (Phi) is 4.88. The first-order valence-corrected chi connectivity index (χ1v) is 8.24. The van der Waals surface area contributed by atoms with Crippen LogP contribution in [0, 0.1) is 0 Å². The number of carbonyl (C=O) groups is 1. The van der Waals surface area contributed by atoms with Crippen molar-refractivity contribution in [2.24, 2.45) is 0 Å². The Balaban J connectivity index is 1.46. The average Bonchev–Trinajstić information content (AvgIpc) is 3.09. The van der Waals surface area contributed by atoms with Crippen LogP contribution in [0.2, 0.25) is 0 Å². The molecule has 1 aliphatic rings. The third kappa shape index (κ3) is 3.96. The molecule has 0 saturated heterocycles. The van der Waals surface area contributed by atoms with Gasteiger partial charge in [0.15, 0.2) is 0 Å². The fraction of sp³-hybridized carbons (Fsp3) is 0.235. The van der Waals surface area contributed by atoms with Crippen molar-refractivity contribution in [1.82, 2.24) is 15.8 Å². The van der Waals surface area contributed by atoms with E-state index in [0.717, 1.165) is 36.6 Å². The number of hydrazine groups is 1. The van der Waals surface area contributed by atoms with Gasteiger partial charge in [-0.1, -0.05) is 36.4 Å². The van der Waals surface area contributed by atoms with Gasteiger partial charge in [0.05, 0.1) is 4.88 Å². The summed E-state index contributed by atoms with van der Waals surface area (Å²) in [6, 6.07) is 14.2. The van der Waals surface area contributed by atoms with Gasteiger partial charge < -0.3 is 5.43 Å². The first-order valence-electron chi connectivity index (χ1n) is 7.36. The molecule has 2 aromatic rings. The van der Waals surface area contributed by atoms with Gasteiger partial charge in [0.25, 0.3) is 5.91 Å². The Labute approximate surface area is 134 Å². The summed E-state index contributed by atoms with van der Waals surface area (Å²) in [5.74, 6) is -0.0809. The number of benzene rings is 1. The van der Waals surface area contributed by atoms with Crippen molar-refractivity contribution >= 4 is 17.2 Å². The van der Waals surface area contributed by atoms with Gasteiger partial charge in [0.2, 0.25) is 0 Å². The summed E-state index contributed by atoms with van der Waals surface area (Å²) in [7, 11) is 0. The van der Waals surface area contributed by atoms with Crippen molar-refractivity contribution in [3.05, 3.63) is 70.1 Å². The summed E-state index contributed by atoms with van der Waals surface area (Å²) < 4.78 is 0. The predicted octanol–water partition coefficient (Wildman–Crippen LogP) is 2.77. The van der Waals surface area contributed by atoms with E-state index in [1.807, 2.05) is 23.6 Å². The highest BCUT2D eigenvalue weighted by Gasteiger charge is 2.13. The molecule has 0 radical (unpaired) electrons. The molecule has 0 spiro atoms. The van der Waals surface area contributed by atoms with Crippen molar-refractivity contribution in [2.45, 2.75) is 13.0 Å². The summed E-state index contributed by atoms with van der Waals surface area (Å²) in [5, 5.41) is 1.90. The van der Waals surface area contributed by atoms with Crippen LogP contribution >= 0.6 is 11.3 Å². The Bertz CT molecular complexity index is 637. The standard InChI is InChI=1S/C17H19N3OS/c21-17(16-7-4-12-22-16)19-18-15-8-10-20(11-9-15)13-14-5-2-1-3-6-14/h1-8,12,18H,9-11,13H2,(H,19,21). The molecule has 114 valence electrons. The molecule has 5 heteroatoms. The summed E-state index contributed by atoms with van der Waals surface area (Å²) in [6.45, 7) is 2.85. The van der Waals surface area contributed by atoms with Gasteiger partial charge in [0, 0.05) is 31.8 Å². The zero-order valence-electron chi connectivity index (χ0n) is 12.3. The lowest BCUT2D eigenvalue weighted by Gasteiger charge is -2.26. The molecule has 2 heterocycles. The zero-order chi connectivity index (χ0) is 15.2. The number of hydrogen-bond donors (Lipinski definition) is 2. The number of nitrogens with zero attached hydrogens (tertiary/aromatic N) is 1. The van der Waals surface area contributed by atoms with Crippen LogP contribution in [0.3, 0.4) is 0 Å². The first-order chi connectivity index (χ1) is 10.8. The molecule has 0 bridgehead atoms. The molecule has 0 aliphatic carbocycles. The number of hydrogen-bond acceptors (Lipinski definition) is 4. The molecule has 1 amide bonds. The number of thiophene rings is 1. The summed E-state index contributed by atoms with van der Waals surface area (Å²) in [6.07, 6.45) is 3.05. The largest absolute Gasteiger partial charge is 0.303 e. The third-order valence-electron chi connectivity index (χ3n) is 3.62. The second kappa shape index (κ2) is 7.24. The quantitative estimate of drug-likeness (QED) is 0.834. The van der Waals surface area contributed by atoms with E-state index in [2.05, 4.69) is 46.1 Å². The first kappa shape index (κ1) is 14.8. The maximum Gasteiger partial charge on any atom is 0.279 e. The van der Waals surface area contributed by atoms with E-state index in [1.165, 1.54) is 16.9 Å². The van der Waals surface area contributed by atoms with E-state index < -0.39 is 0 Å². The Morgan fingerprint density at radius 1 is 1.18 bits per heavy atom. The summed E-state index contributed by atoms with van der Waals surface area (Å²) in [4.78, 5) is 15.0. The molecule has 2 N–H and O–H groups in total. The van der Waals surface area contributed by atoms with E-state index in [1.54, 1.807) is 0 Å². The van der Waals surface area contributed by atoms with Crippen LogP contribution in [0.4, 0.5) is 0 Å². The minimum Gasteiger partial charge on any atom is -0.303 e. The number of nitrogens with one attached hydrogen (secondary N) is 2. The van der Waals surface area contributed by atoms with Gasteiger partial charge in [-0.05, 0) is 23.1 Å². The molecular weight excluding hydrogens is 294 g/mol. The van der Waals surface area contributed by atoms with Gasteiger partial charge in [-0.15, -0.1) is 11.3 Å². The van der Waals surface area contributed by atoms with Crippen LogP contribution in [0.1, 0.15) is 21.7 Å². The van der Waals surface area contributed by atoms with Crippen molar-refractivity contribution in [2.75, 3.05) is 13.1 Å². The Morgan fingerprint density at radius 2 is 2.05 bits per heavy atom. The number of carbonyl (C=O) groups excluding carboxylic acids is 1. The maximum atomic E-state index is 11.9. The van der Waals surface area contributed by atoms with Crippen molar-refractivity contribution in [3.8, 4) is 0 Å². The molecule has 0 saturated carbocycles. The van der Waals surface area contributed by atoms with Gasteiger partial charge in [0.1, 0.15) is 0 Å². The lowest BCUT2D eigenvalue weighted by atomic mass is 10.1. The van der Waals surface area contributed by atoms with E-state index in [0.29, 0.717) is 0 Å². The topological polar surface area (TPSA) is 44.4 Å².